The standard InChI is InChI=1S/C25H37N3O14/c1-13(29)38-16(11-36-4)12-37-25-22(24(40-15(3)31)23(39-14(2)30)17(10-26)41-25)27-18(32)6-5-7-21(35)42-28-19(33)8-9-20(28)34/h16-17,22-25H,5-12,26H2,1-4H3,(H,27,32). The van der Waals surface area contributed by atoms with Gasteiger partial charge in [0.05, 0.1) is 13.2 Å². The van der Waals surface area contributed by atoms with Crippen molar-refractivity contribution in [2.75, 3.05) is 26.9 Å². The monoisotopic (exact) mass is 603 g/mol. The first kappa shape index (κ1) is 34.5. The number of amides is 3. The molecule has 0 spiro atoms. The van der Waals surface area contributed by atoms with Gasteiger partial charge in [0, 0.05) is 60.1 Å². The van der Waals surface area contributed by atoms with Crippen molar-refractivity contribution < 1.29 is 66.8 Å². The van der Waals surface area contributed by atoms with Gasteiger partial charge in [0.2, 0.25) is 5.91 Å². The highest BCUT2D eigenvalue weighted by Crippen LogP contribution is 2.27. The molecule has 2 rings (SSSR count). The van der Waals surface area contributed by atoms with Crippen LogP contribution in [0.3, 0.4) is 0 Å². The lowest BCUT2D eigenvalue weighted by molar-refractivity contribution is -0.274. The van der Waals surface area contributed by atoms with Crippen LogP contribution in [-0.2, 0) is 66.8 Å². The molecule has 2 saturated heterocycles. The van der Waals surface area contributed by atoms with Gasteiger partial charge in [-0.15, -0.1) is 5.06 Å². The Morgan fingerprint density at radius 2 is 1.57 bits per heavy atom. The number of nitrogens with one attached hydrogen (secondary N) is 1. The van der Waals surface area contributed by atoms with Gasteiger partial charge in [-0.25, -0.2) is 4.79 Å². The zero-order valence-corrected chi connectivity index (χ0v) is 23.9. The van der Waals surface area contributed by atoms with Crippen molar-refractivity contribution in [1.82, 2.24) is 10.4 Å². The third-order valence-electron chi connectivity index (χ3n) is 5.93. The summed E-state index contributed by atoms with van der Waals surface area (Å²) < 4.78 is 32.7. The Hall–Kier alpha value is -3.67. The number of methoxy groups -OCH3 is 1. The van der Waals surface area contributed by atoms with E-state index in [2.05, 4.69) is 5.32 Å². The molecule has 0 bridgehead atoms. The number of hydrogen-bond acceptors (Lipinski definition) is 15. The largest absolute Gasteiger partial charge is 0.458 e. The van der Waals surface area contributed by atoms with E-state index in [4.69, 9.17) is 39.0 Å². The molecule has 2 fully saturated rings. The second-order valence-corrected chi connectivity index (χ2v) is 9.44. The molecular weight excluding hydrogens is 566 g/mol. The molecule has 0 saturated carbocycles. The van der Waals surface area contributed by atoms with E-state index in [1.165, 1.54) is 14.0 Å². The Labute approximate surface area is 241 Å². The molecule has 2 heterocycles. The molecule has 2 aliphatic heterocycles. The van der Waals surface area contributed by atoms with Gasteiger partial charge in [-0.05, 0) is 6.42 Å². The van der Waals surface area contributed by atoms with E-state index in [0.29, 0.717) is 5.06 Å². The summed E-state index contributed by atoms with van der Waals surface area (Å²) in [7, 11) is 1.39. The molecule has 0 aromatic rings. The molecule has 2 aliphatic rings. The van der Waals surface area contributed by atoms with E-state index in [9.17, 15) is 33.6 Å². The Kier molecular flexibility index (Phi) is 13.7. The number of carbonyl (C=O) groups is 7. The first-order valence-corrected chi connectivity index (χ1v) is 13.2. The van der Waals surface area contributed by atoms with Crippen LogP contribution in [0.1, 0.15) is 52.9 Å². The van der Waals surface area contributed by atoms with Crippen molar-refractivity contribution in [1.29, 1.82) is 0 Å². The maximum atomic E-state index is 12.9. The van der Waals surface area contributed by atoms with Crippen LogP contribution in [-0.4, -0.2) is 110 Å². The van der Waals surface area contributed by atoms with E-state index in [1.54, 1.807) is 0 Å². The van der Waals surface area contributed by atoms with Gasteiger partial charge in [-0.3, -0.25) is 28.8 Å². The van der Waals surface area contributed by atoms with Crippen molar-refractivity contribution in [3.63, 3.8) is 0 Å². The molecule has 6 atom stereocenters. The summed E-state index contributed by atoms with van der Waals surface area (Å²) in [5, 5.41) is 3.03. The molecule has 0 radical (unpaired) electrons. The summed E-state index contributed by atoms with van der Waals surface area (Å²) in [5.74, 6) is -4.89. The molecule has 6 unspecified atom stereocenters. The van der Waals surface area contributed by atoms with Crippen LogP contribution in [0, 0.1) is 0 Å². The zero-order chi connectivity index (χ0) is 31.4. The number of hydroxylamine groups is 2. The SMILES string of the molecule is COCC(COC1OC(CN)C(OC(C)=O)C(OC(C)=O)C1NC(=O)CCCC(=O)ON1C(=O)CCC1=O)OC(C)=O. The highest BCUT2D eigenvalue weighted by molar-refractivity contribution is 6.01. The van der Waals surface area contributed by atoms with Gasteiger partial charge in [-0.1, -0.05) is 0 Å². The van der Waals surface area contributed by atoms with Gasteiger partial charge in [0.1, 0.15) is 18.2 Å². The van der Waals surface area contributed by atoms with Gasteiger partial charge in [0.15, 0.2) is 18.5 Å². The minimum absolute atomic E-state index is 0.0299. The first-order valence-electron chi connectivity index (χ1n) is 13.2. The minimum atomic E-state index is -1.33. The quantitative estimate of drug-likeness (QED) is 0.122. The molecule has 3 N–H and O–H groups in total. The number of nitrogens with zero attached hydrogens (tertiary/aromatic N) is 1. The van der Waals surface area contributed by atoms with Gasteiger partial charge < -0.3 is 44.3 Å². The fraction of sp³-hybridized carbons (Fsp3) is 0.720. The summed E-state index contributed by atoms with van der Waals surface area (Å²) in [4.78, 5) is 88.4. The third kappa shape index (κ3) is 10.6. The smallest absolute Gasteiger partial charge is 0.333 e. The van der Waals surface area contributed by atoms with Gasteiger partial charge in [-0.2, -0.15) is 0 Å². The van der Waals surface area contributed by atoms with E-state index < -0.39 is 78.3 Å². The van der Waals surface area contributed by atoms with Crippen LogP contribution in [0.4, 0.5) is 0 Å². The van der Waals surface area contributed by atoms with Crippen LogP contribution in [0.5, 0.6) is 0 Å². The zero-order valence-electron chi connectivity index (χ0n) is 23.9. The van der Waals surface area contributed by atoms with Crippen molar-refractivity contribution >= 4 is 41.6 Å². The topological polar surface area (TPSA) is 225 Å². The highest BCUT2D eigenvalue weighted by atomic mass is 16.7. The minimum Gasteiger partial charge on any atom is -0.458 e. The summed E-state index contributed by atoms with van der Waals surface area (Å²) >= 11 is 0. The second-order valence-electron chi connectivity index (χ2n) is 9.44. The number of carbonyl (C=O) groups excluding carboxylic acids is 7. The average molecular weight is 604 g/mol. The molecule has 0 aliphatic carbocycles. The molecule has 0 aromatic heterocycles. The summed E-state index contributed by atoms with van der Waals surface area (Å²) in [6.07, 6.45) is -6.44. The number of ether oxygens (including phenoxy) is 6. The molecule has 236 valence electrons. The Balaban J connectivity index is 2.17. The van der Waals surface area contributed by atoms with Crippen LogP contribution in [0.15, 0.2) is 0 Å². The Morgan fingerprint density at radius 1 is 0.952 bits per heavy atom. The lowest BCUT2D eigenvalue weighted by Crippen LogP contribution is -2.67. The molecular formula is C25H37N3O14. The first-order chi connectivity index (χ1) is 19.9. The maximum absolute atomic E-state index is 12.9. The van der Waals surface area contributed by atoms with Gasteiger partial charge in [0.25, 0.3) is 11.8 Å². The third-order valence-corrected chi connectivity index (χ3v) is 5.93. The normalized spacial score (nSPS) is 24.5. The molecule has 17 nitrogen and oxygen atoms in total. The lowest BCUT2D eigenvalue weighted by atomic mass is 9.95. The van der Waals surface area contributed by atoms with Crippen LogP contribution in [0.25, 0.3) is 0 Å². The van der Waals surface area contributed by atoms with Crippen LogP contribution in [0.2, 0.25) is 0 Å². The fourth-order valence-corrected chi connectivity index (χ4v) is 4.25. The number of hydrogen-bond donors (Lipinski definition) is 2. The van der Waals surface area contributed by atoms with E-state index in [-0.39, 0.29) is 51.9 Å². The van der Waals surface area contributed by atoms with Crippen LogP contribution < -0.4 is 11.1 Å². The van der Waals surface area contributed by atoms with E-state index >= 15 is 0 Å². The fourth-order valence-electron chi connectivity index (χ4n) is 4.25. The Morgan fingerprint density at radius 3 is 2.12 bits per heavy atom. The molecule has 3 amide bonds. The summed E-state index contributed by atoms with van der Waals surface area (Å²) in [6, 6.07) is -1.25. The predicted molar refractivity (Wildman–Crippen MR) is 135 cm³/mol. The number of nitrogens with two attached hydrogens (primary N) is 1. The highest BCUT2D eigenvalue weighted by Gasteiger charge is 2.50. The number of imide groups is 1. The summed E-state index contributed by atoms with van der Waals surface area (Å²) in [5.41, 5.74) is 5.83. The van der Waals surface area contributed by atoms with E-state index in [0.717, 1.165) is 13.8 Å². The van der Waals surface area contributed by atoms with E-state index in [1.807, 2.05) is 0 Å². The Bertz CT molecular complexity index is 1000. The van der Waals surface area contributed by atoms with Crippen molar-refractivity contribution in [3.05, 3.63) is 0 Å². The second kappa shape index (κ2) is 16.7. The molecule has 17 heteroatoms. The van der Waals surface area contributed by atoms with Crippen molar-refractivity contribution in [2.24, 2.45) is 5.73 Å². The predicted octanol–water partition coefficient (Wildman–Crippen LogP) is -1.61. The van der Waals surface area contributed by atoms with Gasteiger partial charge >= 0.3 is 23.9 Å². The van der Waals surface area contributed by atoms with Crippen LogP contribution >= 0.6 is 0 Å². The summed E-state index contributed by atoms with van der Waals surface area (Å²) in [6.45, 7) is 2.97. The molecule has 42 heavy (non-hydrogen) atoms. The lowest BCUT2D eigenvalue weighted by Gasteiger charge is -2.45. The van der Waals surface area contributed by atoms with Crippen molar-refractivity contribution in [2.45, 2.75) is 89.6 Å². The van der Waals surface area contributed by atoms with Crippen molar-refractivity contribution in [3.8, 4) is 0 Å². The number of esters is 3. The number of rotatable bonds is 15. The maximum Gasteiger partial charge on any atom is 0.333 e. The average Bonchev–Trinajstić information content (AvgIpc) is 3.21. The molecule has 0 aromatic carbocycles.